The fourth-order valence-corrected chi connectivity index (χ4v) is 1.31. The molecule has 13 heavy (non-hydrogen) atoms. The minimum atomic E-state index is 0.647. The van der Waals surface area contributed by atoms with Gasteiger partial charge in [0.1, 0.15) is 11.4 Å². The first-order chi connectivity index (χ1) is 6.18. The van der Waals surface area contributed by atoms with Crippen LogP contribution in [0.25, 0.3) is 11.4 Å². The molecule has 0 amide bonds. The van der Waals surface area contributed by atoms with E-state index in [2.05, 4.69) is 15.3 Å². The third-order valence-corrected chi connectivity index (χ3v) is 1.92. The highest BCUT2D eigenvalue weighted by atomic mass is 15.3. The van der Waals surface area contributed by atoms with Crippen molar-refractivity contribution in [2.45, 2.75) is 6.92 Å². The van der Waals surface area contributed by atoms with Crippen molar-refractivity contribution in [3.8, 4) is 11.4 Å². The number of nitrogens with one attached hydrogen (secondary N) is 1. The number of aryl methyl sites for hydroxylation is 2. The van der Waals surface area contributed by atoms with Crippen LogP contribution < -0.4 is 5.73 Å². The zero-order chi connectivity index (χ0) is 9.42. The minimum absolute atomic E-state index is 0.647. The molecule has 0 aromatic carbocycles. The molecule has 2 rings (SSSR count). The van der Waals surface area contributed by atoms with Gasteiger partial charge < -0.3 is 5.73 Å². The maximum atomic E-state index is 5.75. The monoisotopic (exact) mass is 177 g/mol. The van der Waals surface area contributed by atoms with E-state index in [0.29, 0.717) is 5.69 Å². The zero-order valence-corrected chi connectivity index (χ0v) is 7.57. The average Bonchev–Trinajstić information content (AvgIpc) is 2.60. The first kappa shape index (κ1) is 7.85. The zero-order valence-electron chi connectivity index (χ0n) is 7.57. The van der Waals surface area contributed by atoms with E-state index < -0.39 is 0 Å². The number of hydrogen-bond acceptors (Lipinski definition) is 3. The molecule has 0 aliphatic carbocycles. The third-order valence-electron chi connectivity index (χ3n) is 1.92. The Bertz CT molecular complexity index is 406. The van der Waals surface area contributed by atoms with Crippen molar-refractivity contribution in [1.82, 2.24) is 20.0 Å². The van der Waals surface area contributed by atoms with E-state index in [-0.39, 0.29) is 0 Å². The molecule has 0 unspecified atom stereocenters. The van der Waals surface area contributed by atoms with E-state index in [9.17, 15) is 0 Å². The fourth-order valence-electron chi connectivity index (χ4n) is 1.31. The SMILES string of the molecule is Cc1cc(-c2c(N)cnn2C)n[nH]1. The van der Waals surface area contributed by atoms with Crippen molar-refractivity contribution in [3.05, 3.63) is 18.0 Å². The molecule has 0 spiro atoms. The average molecular weight is 177 g/mol. The van der Waals surface area contributed by atoms with Crippen molar-refractivity contribution in [2.75, 3.05) is 5.73 Å². The van der Waals surface area contributed by atoms with Crippen LogP contribution in [0.4, 0.5) is 5.69 Å². The summed E-state index contributed by atoms with van der Waals surface area (Å²) in [6.07, 6.45) is 1.62. The lowest BCUT2D eigenvalue weighted by atomic mass is 10.2. The lowest BCUT2D eigenvalue weighted by molar-refractivity contribution is 0.773. The van der Waals surface area contributed by atoms with Crippen molar-refractivity contribution in [2.24, 2.45) is 7.05 Å². The van der Waals surface area contributed by atoms with E-state index in [4.69, 9.17) is 5.73 Å². The molecule has 0 aliphatic heterocycles. The van der Waals surface area contributed by atoms with E-state index in [1.165, 1.54) is 0 Å². The molecular weight excluding hydrogens is 166 g/mol. The summed E-state index contributed by atoms with van der Waals surface area (Å²) < 4.78 is 1.71. The Morgan fingerprint density at radius 3 is 2.77 bits per heavy atom. The Hall–Kier alpha value is -1.78. The van der Waals surface area contributed by atoms with Crippen LogP contribution in [0.3, 0.4) is 0 Å². The quantitative estimate of drug-likeness (QED) is 0.673. The summed E-state index contributed by atoms with van der Waals surface area (Å²) >= 11 is 0. The van der Waals surface area contributed by atoms with Gasteiger partial charge in [0, 0.05) is 12.7 Å². The number of aromatic amines is 1. The highest BCUT2D eigenvalue weighted by molar-refractivity contribution is 5.69. The van der Waals surface area contributed by atoms with Crippen LogP contribution in [-0.2, 0) is 7.05 Å². The minimum Gasteiger partial charge on any atom is -0.396 e. The Balaban J connectivity index is 2.57. The van der Waals surface area contributed by atoms with Crippen LogP contribution in [-0.4, -0.2) is 20.0 Å². The van der Waals surface area contributed by atoms with Gasteiger partial charge in [-0.2, -0.15) is 10.2 Å². The van der Waals surface area contributed by atoms with E-state index in [0.717, 1.165) is 17.1 Å². The van der Waals surface area contributed by atoms with Gasteiger partial charge in [0.15, 0.2) is 0 Å². The summed E-state index contributed by atoms with van der Waals surface area (Å²) in [5.41, 5.74) is 9.08. The van der Waals surface area contributed by atoms with Gasteiger partial charge in [-0.25, -0.2) is 0 Å². The molecule has 0 bridgehead atoms. The van der Waals surface area contributed by atoms with Gasteiger partial charge in [0.25, 0.3) is 0 Å². The molecule has 5 heteroatoms. The second kappa shape index (κ2) is 2.62. The van der Waals surface area contributed by atoms with Crippen molar-refractivity contribution < 1.29 is 0 Å². The number of nitrogens with zero attached hydrogens (tertiary/aromatic N) is 3. The molecule has 0 aliphatic rings. The highest BCUT2D eigenvalue weighted by Gasteiger charge is 2.10. The Kier molecular flexibility index (Phi) is 1.58. The number of nitrogens with two attached hydrogens (primary N) is 1. The van der Waals surface area contributed by atoms with E-state index in [1.807, 2.05) is 20.0 Å². The largest absolute Gasteiger partial charge is 0.396 e. The first-order valence-electron chi connectivity index (χ1n) is 3.98. The molecule has 0 saturated heterocycles. The Labute approximate surface area is 75.6 Å². The molecule has 2 aromatic rings. The lowest BCUT2D eigenvalue weighted by Crippen LogP contribution is -1.95. The summed E-state index contributed by atoms with van der Waals surface area (Å²) in [7, 11) is 1.84. The van der Waals surface area contributed by atoms with Gasteiger partial charge in [0.05, 0.1) is 11.9 Å². The molecule has 5 nitrogen and oxygen atoms in total. The molecule has 3 N–H and O–H groups in total. The standard InChI is InChI=1S/C8H11N5/c1-5-3-7(12-11-5)8-6(9)4-10-13(8)2/h3-4H,9H2,1-2H3,(H,11,12). The summed E-state index contributed by atoms with van der Waals surface area (Å²) in [4.78, 5) is 0. The van der Waals surface area contributed by atoms with Crippen LogP contribution in [0.1, 0.15) is 5.69 Å². The van der Waals surface area contributed by atoms with Crippen LogP contribution in [0.15, 0.2) is 12.3 Å². The summed E-state index contributed by atoms with van der Waals surface area (Å²) in [6.45, 7) is 1.95. The maximum Gasteiger partial charge on any atom is 0.112 e. The topological polar surface area (TPSA) is 72.5 Å². The molecule has 0 fully saturated rings. The normalized spacial score (nSPS) is 10.6. The summed E-state index contributed by atoms with van der Waals surface area (Å²) in [6, 6.07) is 1.94. The van der Waals surface area contributed by atoms with E-state index >= 15 is 0 Å². The first-order valence-corrected chi connectivity index (χ1v) is 3.98. The predicted octanol–water partition coefficient (Wildman–Crippen LogP) is 0.701. The lowest BCUT2D eigenvalue weighted by Gasteiger charge is -1.97. The fraction of sp³-hybridized carbons (Fsp3) is 0.250. The van der Waals surface area contributed by atoms with Gasteiger partial charge >= 0.3 is 0 Å². The van der Waals surface area contributed by atoms with Crippen molar-refractivity contribution in [1.29, 1.82) is 0 Å². The summed E-state index contributed by atoms with van der Waals surface area (Å²) in [5, 5.41) is 11.0. The van der Waals surface area contributed by atoms with Gasteiger partial charge in [-0.15, -0.1) is 0 Å². The van der Waals surface area contributed by atoms with Crippen LogP contribution >= 0.6 is 0 Å². The molecule has 0 atom stereocenters. The number of anilines is 1. The van der Waals surface area contributed by atoms with Gasteiger partial charge in [-0.1, -0.05) is 0 Å². The van der Waals surface area contributed by atoms with Crippen LogP contribution in [0, 0.1) is 6.92 Å². The van der Waals surface area contributed by atoms with Crippen molar-refractivity contribution >= 4 is 5.69 Å². The number of aromatic nitrogens is 4. The number of nitrogen functional groups attached to an aromatic ring is 1. The van der Waals surface area contributed by atoms with Gasteiger partial charge in [0.2, 0.25) is 0 Å². The highest BCUT2D eigenvalue weighted by Crippen LogP contribution is 2.22. The molecule has 0 radical (unpaired) electrons. The number of hydrogen-bond donors (Lipinski definition) is 2. The second-order valence-corrected chi connectivity index (χ2v) is 3.01. The molecule has 2 heterocycles. The summed E-state index contributed by atoms with van der Waals surface area (Å²) in [5.74, 6) is 0. The second-order valence-electron chi connectivity index (χ2n) is 3.01. The Morgan fingerprint density at radius 1 is 1.54 bits per heavy atom. The van der Waals surface area contributed by atoms with Crippen molar-refractivity contribution in [3.63, 3.8) is 0 Å². The van der Waals surface area contributed by atoms with Gasteiger partial charge in [-0.3, -0.25) is 9.78 Å². The molecular formula is C8H11N5. The molecule has 0 saturated carbocycles. The smallest absolute Gasteiger partial charge is 0.112 e. The van der Waals surface area contributed by atoms with Crippen LogP contribution in [0.2, 0.25) is 0 Å². The maximum absolute atomic E-state index is 5.75. The number of H-pyrrole nitrogens is 1. The third kappa shape index (κ3) is 1.18. The molecule has 68 valence electrons. The predicted molar refractivity (Wildman–Crippen MR) is 49.9 cm³/mol. The molecule has 2 aromatic heterocycles. The van der Waals surface area contributed by atoms with Crippen LogP contribution in [0.5, 0.6) is 0 Å². The van der Waals surface area contributed by atoms with Gasteiger partial charge in [-0.05, 0) is 13.0 Å². The Morgan fingerprint density at radius 2 is 2.31 bits per heavy atom. The van der Waals surface area contributed by atoms with E-state index in [1.54, 1.807) is 10.9 Å². The number of rotatable bonds is 1.